The van der Waals surface area contributed by atoms with Crippen LogP contribution in [0.4, 0.5) is 0 Å². The lowest BCUT2D eigenvalue weighted by atomic mass is 10.1. The molecule has 0 unspecified atom stereocenters. The maximum Gasteiger partial charge on any atom is 0.257 e. The molecule has 0 aliphatic carbocycles. The van der Waals surface area contributed by atoms with E-state index in [-0.39, 0.29) is 23.3 Å². The smallest absolute Gasteiger partial charge is 0.257 e. The Morgan fingerprint density at radius 2 is 2.00 bits per heavy atom. The number of carbonyl (C=O) groups excluding carboxylic acids is 1. The summed E-state index contributed by atoms with van der Waals surface area (Å²) in [7, 11) is 0. The number of halogens is 1. The molecular formula is C12H14ClNO3. The lowest BCUT2D eigenvalue weighted by Gasteiger charge is -2.29. The van der Waals surface area contributed by atoms with Crippen LogP contribution < -0.4 is 0 Å². The standard InChI is InChI=1S/C12H14ClNO3/c13-8-1-2-10(11(16)7-8)12(17)14-5-3-9(15)4-6-14/h1-2,7,9,15-16H,3-6H2. The molecule has 1 amide bonds. The van der Waals surface area contributed by atoms with Crippen molar-refractivity contribution >= 4 is 17.5 Å². The van der Waals surface area contributed by atoms with Crippen LogP contribution in [0.15, 0.2) is 18.2 Å². The van der Waals surface area contributed by atoms with Gasteiger partial charge in [-0.3, -0.25) is 4.79 Å². The van der Waals surface area contributed by atoms with Crippen LogP contribution in [0.1, 0.15) is 23.2 Å². The number of piperidine rings is 1. The Morgan fingerprint density at radius 3 is 2.59 bits per heavy atom. The van der Waals surface area contributed by atoms with Crippen LogP contribution in [-0.2, 0) is 0 Å². The topological polar surface area (TPSA) is 60.8 Å². The van der Waals surface area contributed by atoms with Crippen LogP contribution in [0.2, 0.25) is 5.02 Å². The van der Waals surface area contributed by atoms with Gasteiger partial charge in [-0.2, -0.15) is 0 Å². The Balaban J connectivity index is 2.14. The minimum Gasteiger partial charge on any atom is -0.507 e. The van der Waals surface area contributed by atoms with Gasteiger partial charge in [-0.1, -0.05) is 11.6 Å². The Hall–Kier alpha value is -1.26. The van der Waals surface area contributed by atoms with Gasteiger partial charge >= 0.3 is 0 Å². The zero-order valence-corrected chi connectivity index (χ0v) is 10.0. The van der Waals surface area contributed by atoms with Crippen molar-refractivity contribution in [1.82, 2.24) is 4.90 Å². The van der Waals surface area contributed by atoms with Gasteiger partial charge in [0.2, 0.25) is 0 Å². The summed E-state index contributed by atoms with van der Waals surface area (Å²) in [4.78, 5) is 13.7. The van der Waals surface area contributed by atoms with Crippen LogP contribution in [0.25, 0.3) is 0 Å². The second-order valence-corrected chi connectivity index (χ2v) is 4.62. The maximum atomic E-state index is 12.1. The fourth-order valence-corrected chi connectivity index (χ4v) is 2.09. The van der Waals surface area contributed by atoms with Crippen molar-refractivity contribution < 1.29 is 15.0 Å². The van der Waals surface area contributed by atoms with Crippen molar-refractivity contribution in [2.75, 3.05) is 13.1 Å². The first kappa shape index (κ1) is 12.2. The van der Waals surface area contributed by atoms with E-state index < -0.39 is 0 Å². The SMILES string of the molecule is O=C(c1ccc(Cl)cc1O)N1CCC(O)CC1. The van der Waals surface area contributed by atoms with E-state index in [9.17, 15) is 15.0 Å². The zero-order chi connectivity index (χ0) is 12.4. The number of aliphatic hydroxyl groups excluding tert-OH is 1. The first-order valence-electron chi connectivity index (χ1n) is 5.54. The highest BCUT2D eigenvalue weighted by Gasteiger charge is 2.23. The van der Waals surface area contributed by atoms with Gasteiger partial charge in [-0.25, -0.2) is 0 Å². The molecule has 0 atom stereocenters. The summed E-state index contributed by atoms with van der Waals surface area (Å²) in [6, 6.07) is 4.45. The number of nitrogens with zero attached hydrogens (tertiary/aromatic N) is 1. The van der Waals surface area contributed by atoms with Crippen LogP contribution in [-0.4, -0.2) is 40.2 Å². The minimum atomic E-state index is -0.321. The summed E-state index contributed by atoms with van der Waals surface area (Å²) in [5.41, 5.74) is 0.255. The largest absolute Gasteiger partial charge is 0.507 e. The number of aromatic hydroxyl groups is 1. The molecule has 5 heteroatoms. The van der Waals surface area contributed by atoms with Gasteiger partial charge in [0.25, 0.3) is 5.91 Å². The van der Waals surface area contributed by atoms with Gasteiger partial charge in [0, 0.05) is 18.1 Å². The van der Waals surface area contributed by atoms with E-state index in [0.717, 1.165) is 0 Å². The molecule has 1 aliphatic rings. The molecule has 2 rings (SSSR count). The molecular weight excluding hydrogens is 242 g/mol. The van der Waals surface area contributed by atoms with Gasteiger partial charge in [0.15, 0.2) is 0 Å². The van der Waals surface area contributed by atoms with E-state index in [1.165, 1.54) is 12.1 Å². The van der Waals surface area contributed by atoms with Crippen molar-refractivity contribution in [3.63, 3.8) is 0 Å². The highest BCUT2D eigenvalue weighted by molar-refractivity contribution is 6.30. The van der Waals surface area contributed by atoms with E-state index in [2.05, 4.69) is 0 Å². The third-order valence-electron chi connectivity index (χ3n) is 2.94. The molecule has 0 radical (unpaired) electrons. The van der Waals surface area contributed by atoms with Crippen LogP contribution in [0.5, 0.6) is 5.75 Å². The van der Waals surface area contributed by atoms with Crippen molar-refractivity contribution in [2.45, 2.75) is 18.9 Å². The molecule has 0 aromatic heterocycles. The fraction of sp³-hybridized carbons (Fsp3) is 0.417. The van der Waals surface area contributed by atoms with E-state index in [1.54, 1.807) is 11.0 Å². The Kier molecular flexibility index (Phi) is 3.54. The highest BCUT2D eigenvalue weighted by Crippen LogP contribution is 2.24. The van der Waals surface area contributed by atoms with Gasteiger partial charge in [-0.05, 0) is 31.0 Å². The van der Waals surface area contributed by atoms with Gasteiger partial charge in [-0.15, -0.1) is 0 Å². The average Bonchev–Trinajstić information content (AvgIpc) is 2.29. The lowest BCUT2D eigenvalue weighted by molar-refractivity contribution is 0.0544. The highest BCUT2D eigenvalue weighted by atomic mass is 35.5. The van der Waals surface area contributed by atoms with Gasteiger partial charge in [0.05, 0.1) is 11.7 Å². The van der Waals surface area contributed by atoms with Crippen molar-refractivity contribution in [1.29, 1.82) is 0 Å². The molecule has 1 aromatic rings. The lowest BCUT2D eigenvalue weighted by Crippen LogP contribution is -2.40. The van der Waals surface area contributed by atoms with Crippen molar-refractivity contribution in [3.8, 4) is 5.75 Å². The van der Waals surface area contributed by atoms with Crippen molar-refractivity contribution in [3.05, 3.63) is 28.8 Å². The normalized spacial score (nSPS) is 17.2. The summed E-state index contributed by atoms with van der Waals surface area (Å²) in [6.07, 6.45) is 0.845. The van der Waals surface area contributed by atoms with Crippen LogP contribution in [0.3, 0.4) is 0 Å². The van der Waals surface area contributed by atoms with E-state index in [1.807, 2.05) is 0 Å². The molecule has 0 saturated carbocycles. The molecule has 1 aliphatic heterocycles. The number of hydrogen-bond acceptors (Lipinski definition) is 3. The molecule has 1 heterocycles. The number of amides is 1. The first-order chi connectivity index (χ1) is 8.08. The van der Waals surface area contributed by atoms with Crippen LogP contribution in [0, 0.1) is 0 Å². The van der Waals surface area contributed by atoms with Gasteiger partial charge in [0.1, 0.15) is 5.75 Å². The van der Waals surface area contributed by atoms with Crippen LogP contribution >= 0.6 is 11.6 Å². The molecule has 17 heavy (non-hydrogen) atoms. The number of aliphatic hydroxyl groups is 1. The number of likely N-dealkylation sites (tertiary alicyclic amines) is 1. The summed E-state index contributed by atoms with van der Waals surface area (Å²) in [6.45, 7) is 1.03. The molecule has 1 saturated heterocycles. The molecule has 1 fully saturated rings. The fourth-order valence-electron chi connectivity index (χ4n) is 1.92. The number of hydrogen-bond donors (Lipinski definition) is 2. The van der Waals surface area contributed by atoms with E-state index in [0.29, 0.717) is 31.0 Å². The van der Waals surface area contributed by atoms with E-state index in [4.69, 9.17) is 11.6 Å². The number of rotatable bonds is 1. The van der Waals surface area contributed by atoms with E-state index >= 15 is 0 Å². The summed E-state index contributed by atoms with van der Waals surface area (Å²) in [5, 5.41) is 19.4. The Bertz CT molecular complexity index is 428. The predicted octanol–water partition coefficient (Wildman–Crippen LogP) is 1.64. The third kappa shape index (κ3) is 2.70. The zero-order valence-electron chi connectivity index (χ0n) is 9.27. The second kappa shape index (κ2) is 4.94. The molecule has 2 N–H and O–H groups in total. The third-order valence-corrected chi connectivity index (χ3v) is 3.18. The molecule has 1 aromatic carbocycles. The molecule has 0 spiro atoms. The quantitative estimate of drug-likeness (QED) is 0.802. The average molecular weight is 256 g/mol. The Morgan fingerprint density at radius 1 is 1.35 bits per heavy atom. The minimum absolute atomic E-state index is 0.103. The molecule has 4 nitrogen and oxygen atoms in total. The summed E-state index contributed by atoms with van der Waals surface area (Å²) >= 11 is 5.71. The molecule has 0 bridgehead atoms. The van der Waals surface area contributed by atoms with Gasteiger partial charge < -0.3 is 15.1 Å². The predicted molar refractivity (Wildman–Crippen MR) is 64.3 cm³/mol. The summed E-state index contributed by atoms with van der Waals surface area (Å²) in [5.74, 6) is -0.320. The first-order valence-corrected chi connectivity index (χ1v) is 5.91. The number of phenols is 1. The Labute approximate surface area is 104 Å². The molecule has 92 valence electrons. The second-order valence-electron chi connectivity index (χ2n) is 4.18. The number of carbonyl (C=O) groups is 1. The van der Waals surface area contributed by atoms with Crippen molar-refractivity contribution in [2.24, 2.45) is 0 Å². The monoisotopic (exact) mass is 255 g/mol. The number of phenolic OH excluding ortho intramolecular Hbond substituents is 1. The summed E-state index contributed by atoms with van der Waals surface area (Å²) < 4.78 is 0. The maximum absolute atomic E-state index is 12.1. The number of benzene rings is 1.